The van der Waals surface area contributed by atoms with Crippen LogP contribution < -0.4 is 5.32 Å². The van der Waals surface area contributed by atoms with Gasteiger partial charge in [-0.3, -0.25) is 4.79 Å². The largest absolute Gasteiger partial charge is 0.389 e. The molecule has 5 nitrogen and oxygen atoms in total. The predicted molar refractivity (Wildman–Crippen MR) is 81.3 cm³/mol. The van der Waals surface area contributed by atoms with Gasteiger partial charge in [-0.25, -0.2) is 4.98 Å². The molecule has 1 aromatic heterocycles. The predicted octanol–water partition coefficient (Wildman–Crippen LogP) is 1.76. The summed E-state index contributed by atoms with van der Waals surface area (Å²) in [7, 11) is 0. The van der Waals surface area contributed by atoms with Gasteiger partial charge in [0, 0.05) is 6.54 Å². The van der Waals surface area contributed by atoms with E-state index in [-0.39, 0.29) is 19.1 Å². The van der Waals surface area contributed by atoms with Gasteiger partial charge >= 0.3 is 0 Å². The van der Waals surface area contributed by atoms with E-state index in [1.807, 2.05) is 30.3 Å². The number of thiazole rings is 1. The van der Waals surface area contributed by atoms with Gasteiger partial charge in [0.05, 0.1) is 30.5 Å². The number of nitrogens with one attached hydrogen (secondary N) is 1. The zero-order chi connectivity index (χ0) is 15.1. The monoisotopic (exact) mass is 306 g/mol. The summed E-state index contributed by atoms with van der Waals surface area (Å²) < 4.78 is 5.42. The number of ether oxygens (including phenoxy) is 1. The van der Waals surface area contributed by atoms with E-state index in [2.05, 4.69) is 10.3 Å². The normalized spacial score (nSPS) is 12.1. The molecule has 2 rings (SSSR count). The highest BCUT2D eigenvalue weighted by atomic mass is 32.1. The lowest BCUT2D eigenvalue weighted by atomic mass is 10.2. The second kappa shape index (κ2) is 7.87. The number of hydrogen-bond acceptors (Lipinski definition) is 5. The second-order valence-corrected chi connectivity index (χ2v) is 5.49. The topological polar surface area (TPSA) is 71.5 Å². The lowest BCUT2D eigenvalue weighted by Gasteiger charge is -2.12. The van der Waals surface area contributed by atoms with Gasteiger partial charge in [-0.1, -0.05) is 30.3 Å². The minimum Gasteiger partial charge on any atom is -0.389 e. The molecule has 21 heavy (non-hydrogen) atoms. The Bertz CT molecular complexity index is 571. The Labute approximate surface area is 127 Å². The SMILES string of the molecule is Cc1ncsc1C(=O)NC[C@H](O)COCc1ccccc1. The number of nitrogens with zero attached hydrogens (tertiary/aromatic N) is 1. The molecule has 0 aliphatic rings. The summed E-state index contributed by atoms with van der Waals surface area (Å²) in [5, 5.41) is 12.5. The third-order valence-corrected chi connectivity index (χ3v) is 3.80. The number of aliphatic hydroxyl groups excluding tert-OH is 1. The first kappa shape index (κ1) is 15.6. The summed E-state index contributed by atoms with van der Waals surface area (Å²) in [4.78, 5) is 16.4. The smallest absolute Gasteiger partial charge is 0.263 e. The van der Waals surface area contributed by atoms with Gasteiger partial charge in [0.2, 0.25) is 0 Å². The van der Waals surface area contributed by atoms with Crippen molar-refractivity contribution in [1.29, 1.82) is 0 Å². The summed E-state index contributed by atoms with van der Waals surface area (Å²) in [5.74, 6) is -0.211. The molecule has 0 unspecified atom stereocenters. The van der Waals surface area contributed by atoms with Crippen molar-refractivity contribution >= 4 is 17.2 Å². The molecule has 1 amide bonds. The Kier molecular flexibility index (Phi) is 5.86. The van der Waals surface area contributed by atoms with Crippen LogP contribution in [-0.2, 0) is 11.3 Å². The van der Waals surface area contributed by atoms with E-state index >= 15 is 0 Å². The summed E-state index contributed by atoms with van der Waals surface area (Å²) >= 11 is 1.29. The number of amides is 1. The maximum absolute atomic E-state index is 11.8. The van der Waals surface area contributed by atoms with Crippen LogP contribution in [0.4, 0.5) is 0 Å². The van der Waals surface area contributed by atoms with Crippen LogP contribution in [-0.4, -0.2) is 35.3 Å². The van der Waals surface area contributed by atoms with Gasteiger partial charge in [-0.15, -0.1) is 11.3 Å². The molecule has 0 aliphatic heterocycles. The highest BCUT2D eigenvalue weighted by Crippen LogP contribution is 2.11. The van der Waals surface area contributed by atoms with E-state index in [0.29, 0.717) is 17.2 Å². The number of carbonyl (C=O) groups excluding carboxylic acids is 1. The maximum atomic E-state index is 11.8. The van der Waals surface area contributed by atoms with Gasteiger partial charge < -0.3 is 15.2 Å². The minimum atomic E-state index is -0.731. The van der Waals surface area contributed by atoms with Crippen LogP contribution in [0.15, 0.2) is 35.8 Å². The van der Waals surface area contributed by atoms with Crippen molar-refractivity contribution in [2.24, 2.45) is 0 Å². The number of benzene rings is 1. The van der Waals surface area contributed by atoms with Gasteiger partial charge in [0.1, 0.15) is 4.88 Å². The molecular weight excluding hydrogens is 288 g/mol. The third kappa shape index (κ3) is 4.93. The van der Waals surface area contributed by atoms with Crippen molar-refractivity contribution in [3.63, 3.8) is 0 Å². The number of aliphatic hydroxyl groups is 1. The molecule has 6 heteroatoms. The van der Waals surface area contributed by atoms with Crippen LogP contribution in [0.5, 0.6) is 0 Å². The van der Waals surface area contributed by atoms with Crippen molar-refractivity contribution in [1.82, 2.24) is 10.3 Å². The standard InChI is InChI=1S/C15H18N2O3S/c1-11-14(21-10-17-11)15(19)16-7-13(18)9-20-8-12-5-3-2-4-6-12/h2-6,10,13,18H,7-9H2,1H3,(H,16,19)/t13-/m0/s1. The quantitative estimate of drug-likeness (QED) is 0.817. The average molecular weight is 306 g/mol. The molecule has 0 aliphatic carbocycles. The van der Waals surface area contributed by atoms with E-state index in [4.69, 9.17) is 4.74 Å². The number of aromatic nitrogens is 1. The van der Waals surface area contributed by atoms with Crippen LogP contribution in [0.25, 0.3) is 0 Å². The van der Waals surface area contributed by atoms with Crippen LogP contribution in [0, 0.1) is 6.92 Å². The van der Waals surface area contributed by atoms with Crippen molar-refractivity contribution in [3.05, 3.63) is 52.0 Å². The molecule has 0 radical (unpaired) electrons. The first-order valence-corrected chi connectivity index (χ1v) is 7.53. The molecular formula is C15H18N2O3S. The number of rotatable bonds is 7. The van der Waals surface area contributed by atoms with Crippen LogP contribution in [0.2, 0.25) is 0 Å². The molecule has 112 valence electrons. The highest BCUT2D eigenvalue weighted by molar-refractivity contribution is 7.11. The van der Waals surface area contributed by atoms with E-state index in [9.17, 15) is 9.90 Å². The zero-order valence-electron chi connectivity index (χ0n) is 11.8. The van der Waals surface area contributed by atoms with E-state index < -0.39 is 6.10 Å². The van der Waals surface area contributed by atoms with Gasteiger partial charge in [0.15, 0.2) is 0 Å². The summed E-state index contributed by atoms with van der Waals surface area (Å²) in [6.07, 6.45) is -0.731. The van der Waals surface area contributed by atoms with E-state index in [0.717, 1.165) is 5.56 Å². The van der Waals surface area contributed by atoms with Crippen LogP contribution in [0.3, 0.4) is 0 Å². The van der Waals surface area contributed by atoms with Crippen molar-refractivity contribution in [2.45, 2.75) is 19.6 Å². The molecule has 0 saturated heterocycles. The molecule has 1 atom stereocenters. The fourth-order valence-electron chi connectivity index (χ4n) is 1.76. The molecule has 2 aromatic rings. The van der Waals surface area contributed by atoms with Crippen LogP contribution >= 0.6 is 11.3 Å². The van der Waals surface area contributed by atoms with E-state index in [1.165, 1.54) is 11.3 Å². The Morgan fingerprint density at radius 2 is 2.19 bits per heavy atom. The fourth-order valence-corrected chi connectivity index (χ4v) is 2.48. The third-order valence-electron chi connectivity index (χ3n) is 2.87. The van der Waals surface area contributed by atoms with Gasteiger partial charge in [-0.2, -0.15) is 0 Å². The first-order chi connectivity index (χ1) is 10.2. The average Bonchev–Trinajstić information content (AvgIpc) is 2.92. The number of aryl methyl sites for hydroxylation is 1. The maximum Gasteiger partial charge on any atom is 0.263 e. The highest BCUT2D eigenvalue weighted by Gasteiger charge is 2.13. The Morgan fingerprint density at radius 3 is 2.86 bits per heavy atom. The lowest BCUT2D eigenvalue weighted by Crippen LogP contribution is -2.34. The molecule has 0 bridgehead atoms. The Hall–Kier alpha value is -1.76. The second-order valence-electron chi connectivity index (χ2n) is 4.63. The number of hydrogen-bond donors (Lipinski definition) is 2. The molecule has 1 aromatic carbocycles. The summed E-state index contributed by atoms with van der Waals surface area (Å²) in [5.41, 5.74) is 3.38. The first-order valence-electron chi connectivity index (χ1n) is 6.65. The zero-order valence-corrected chi connectivity index (χ0v) is 12.6. The molecule has 2 N–H and O–H groups in total. The van der Waals surface area contributed by atoms with Crippen molar-refractivity contribution in [3.8, 4) is 0 Å². The van der Waals surface area contributed by atoms with Crippen LogP contribution in [0.1, 0.15) is 20.9 Å². The van der Waals surface area contributed by atoms with Gasteiger partial charge in [-0.05, 0) is 12.5 Å². The Balaban J connectivity index is 1.67. The Morgan fingerprint density at radius 1 is 1.43 bits per heavy atom. The molecule has 0 fully saturated rings. The van der Waals surface area contributed by atoms with Crippen molar-refractivity contribution < 1.29 is 14.6 Å². The van der Waals surface area contributed by atoms with Crippen molar-refractivity contribution in [2.75, 3.05) is 13.2 Å². The minimum absolute atomic E-state index is 0.158. The van der Waals surface area contributed by atoms with E-state index in [1.54, 1.807) is 12.4 Å². The summed E-state index contributed by atoms with van der Waals surface area (Å²) in [6.45, 7) is 2.56. The van der Waals surface area contributed by atoms with Gasteiger partial charge in [0.25, 0.3) is 5.91 Å². The lowest BCUT2D eigenvalue weighted by molar-refractivity contribution is 0.0285. The summed E-state index contributed by atoms with van der Waals surface area (Å²) in [6, 6.07) is 9.73. The fraction of sp³-hybridized carbons (Fsp3) is 0.333. The molecule has 0 spiro atoms. The number of carbonyl (C=O) groups is 1. The molecule has 1 heterocycles. The molecule has 0 saturated carbocycles.